The lowest BCUT2D eigenvalue weighted by Gasteiger charge is -2.08. The zero-order valence-corrected chi connectivity index (χ0v) is 17.1. The summed E-state index contributed by atoms with van der Waals surface area (Å²) in [7, 11) is 0. The summed E-state index contributed by atoms with van der Waals surface area (Å²) < 4.78 is 10.2. The maximum atomic E-state index is 5.08. The second kappa shape index (κ2) is 7.67. The van der Waals surface area contributed by atoms with E-state index in [1.54, 1.807) is 12.5 Å². The van der Waals surface area contributed by atoms with Crippen molar-refractivity contribution in [3.8, 4) is 44.8 Å². The Morgan fingerprint density at radius 3 is 1.16 bits per heavy atom. The third-order valence-electron chi connectivity index (χ3n) is 5.73. The van der Waals surface area contributed by atoms with E-state index in [9.17, 15) is 0 Å². The molecule has 0 saturated heterocycles. The average molecular weight is 414 g/mol. The van der Waals surface area contributed by atoms with Gasteiger partial charge in [-0.05, 0) is 45.2 Å². The molecule has 152 valence electrons. The van der Waals surface area contributed by atoms with Crippen LogP contribution < -0.4 is 0 Å². The maximum Gasteiger partial charge on any atom is 0.181 e. The predicted octanol–water partition coefficient (Wildman–Crippen LogP) is 7.48. The summed E-state index contributed by atoms with van der Waals surface area (Å²) in [6, 6.07) is 30.0. The van der Waals surface area contributed by atoms with E-state index in [2.05, 4.69) is 94.9 Å². The Balaban J connectivity index is 1.29. The first-order valence-corrected chi connectivity index (χ1v) is 10.4. The summed E-state index contributed by atoms with van der Waals surface area (Å²) in [5.74, 6) is 0. The van der Waals surface area contributed by atoms with Crippen LogP contribution in [0.15, 0.2) is 119 Å². The van der Waals surface area contributed by atoms with E-state index in [0.717, 1.165) is 22.5 Å². The van der Waals surface area contributed by atoms with E-state index in [4.69, 9.17) is 8.83 Å². The molecular weight excluding hydrogens is 396 g/mol. The molecule has 0 bridgehead atoms. The van der Waals surface area contributed by atoms with Gasteiger partial charge in [0.2, 0.25) is 0 Å². The normalized spacial score (nSPS) is 11.1. The minimum absolute atomic E-state index is 0.844. The first kappa shape index (κ1) is 18.3. The van der Waals surface area contributed by atoms with Crippen molar-refractivity contribution in [2.45, 2.75) is 0 Å². The van der Waals surface area contributed by atoms with Gasteiger partial charge in [0.15, 0.2) is 12.8 Å². The Kier molecular flexibility index (Phi) is 4.40. The number of hydrogen-bond donors (Lipinski definition) is 0. The molecule has 0 unspecified atom stereocenters. The van der Waals surface area contributed by atoms with E-state index in [-0.39, 0.29) is 0 Å². The third-order valence-corrected chi connectivity index (χ3v) is 5.73. The highest BCUT2D eigenvalue weighted by Gasteiger charge is 2.06. The second-order valence-corrected chi connectivity index (χ2v) is 7.68. The number of oxazole rings is 2. The standard InChI is InChI=1S/C28H18N2O2/c1-5-21(27-15-31-17-29-27)6-2-19(1)23-9-11-26-14-24(10-12-25(26)13-23)20-3-7-22(8-4-20)28-16-32-18-30-28/h1-18H. The first-order chi connectivity index (χ1) is 15.8. The Morgan fingerprint density at radius 1 is 0.406 bits per heavy atom. The zero-order chi connectivity index (χ0) is 21.3. The highest BCUT2D eigenvalue weighted by molar-refractivity contribution is 5.91. The molecule has 0 aliphatic heterocycles. The van der Waals surface area contributed by atoms with Crippen molar-refractivity contribution >= 4 is 10.8 Å². The number of benzene rings is 4. The van der Waals surface area contributed by atoms with Crippen molar-refractivity contribution in [2.24, 2.45) is 0 Å². The molecule has 4 heteroatoms. The molecule has 0 amide bonds. The van der Waals surface area contributed by atoms with Crippen LogP contribution in [0, 0.1) is 0 Å². The van der Waals surface area contributed by atoms with Crippen LogP contribution in [0.3, 0.4) is 0 Å². The molecule has 0 spiro atoms. The van der Waals surface area contributed by atoms with Crippen LogP contribution in [-0.4, -0.2) is 9.97 Å². The van der Waals surface area contributed by atoms with Gasteiger partial charge in [-0.15, -0.1) is 0 Å². The van der Waals surface area contributed by atoms with Crippen LogP contribution in [0.25, 0.3) is 55.5 Å². The SMILES string of the molecule is c1nc(-c2ccc(-c3ccc4cc(-c5ccc(-c6cocn6)cc5)ccc4c3)cc2)co1. The van der Waals surface area contributed by atoms with Crippen LogP contribution in [0.4, 0.5) is 0 Å². The van der Waals surface area contributed by atoms with Crippen molar-refractivity contribution < 1.29 is 8.83 Å². The molecule has 2 aromatic heterocycles. The molecule has 2 heterocycles. The fourth-order valence-electron chi connectivity index (χ4n) is 3.98. The lowest BCUT2D eigenvalue weighted by Crippen LogP contribution is -1.83. The van der Waals surface area contributed by atoms with Crippen LogP contribution >= 0.6 is 0 Å². The van der Waals surface area contributed by atoms with Crippen molar-refractivity contribution in [3.63, 3.8) is 0 Å². The summed E-state index contributed by atoms with van der Waals surface area (Å²) >= 11 is 0. The second-order valence-electron chi connectivity index (χ2n) is 7.68. The Hall–Kier alpha value is -4.44. The molecule has 32 heavy (non-hydrogen) atoms. The van der Waals surface area contributed by atoms with Gasteiger partial charge in [0, 0.05) is 11.1 Å². The van der Waals surface area contributed by atoms with E-state index in [0.29, 0.717) is 0 Å². The lowest BCUT2D eigenvalue weighted by molar-refractivity contribution is 0.558. The molecule has 0 atom stereocenters. The van der Waals surface area contributed by atoms with E-state index in [1.165, 1.54) is 45.8 Å². The van der Waals surface area contributed by atoms with Gasteiger partial charge in [-0.1, -0.05) is 72.8 Å². The number of nitrogens with zero attached hydrogens (tertiary/aromatic N) is 2. The topological polar surface area (TPSA) is 52.1 Å². The van der Waals surface area contributed by atoms with Crippen LogP contribution in [0.2, 0.25) is 0 Å². The number of hydrogen-bond acceptors (Lipinski definition) is 4. The highest BCUT2D eigenvalue weighted by atomic mass is 16.3. The van der Waals surface area contributed by atoms with Crippen molar-refractivity contribution in [2.75, 3.05) is 0 Å². The molecule has 6 aromatic rings. The minimum atomic E-state index is 0.844. The Labute approximate surface area is 184 Å². The lowest BCUT2D eigenvalue weighted by atomic mass is 9.96. The largest absolute Gasteiger partial charge is 0.451 e. The fraction of sp³-hybridized carbons (Fsp3) is 0. The summed E-state index contributed by atoms with van der Waals surface area (Å²) in [5, 5.41) is 2.43. The Bertz CT molecular complexity index is 1370. The minimum Gasteiger partial charge on any atom is -0.451 e. The summed E-state index contributed by atoms with van der Waals surface area (Å²) in [4.78, 5) is 8.41. The number of aromatic nitrogens is 2. The molecule has 0 aliphatic carbocycles. The molecule has 4 nitrogen and oxygen atoms in total. The fourth-order valence-corrected chi connectivity index (χ4v) is 3.98. The van der Waals surface area contributed by atoms with E-state index < -0.39 is 0 Å². The van der Waals surface area contributed by atoms with E-state index in [1.807, 2.05) is 0 Å². The van der Waals surface area contributed by atoms with Gasteiger partial charge < -0.3 is 8.83 Å². The van der Waals surface area contributed by atoms with Gasteiger partial charge in [0.1, 0.15) is 23.9 Å². The molecule has 0 aliphatic rings. The van der Waals surface area contributed by atoms with Crippen LogP contribution in [0.5, 0.6) is 0 Å². The number of rotatable bonds is 4. The quantitative estimate of drug-likeness (QED) is 0.300. The molecule has 0 N–H and O–H groups in total. The molecule has 4 aromatic carbocycles. The van der Waals surface area contributed by atoms with Crippen LogP contribution in [-0.2, 0) is 0 Å². The monoisotopic (exact) mass is 414 g/mol. The summed E-state index contributed by atoms with van der Waals surface area (Å²) in [6.45, 7) is 0. The van der Waals surface area contributed by atoms with Gasteiger partial charge >= 0.3 is 0 Å². The molecule has 0 saturated carbocycles. The molecule has 0 radical (unpaired) electrons. The summed E-state index contributed by atoms with van der Waals surface area (Å²) in [6.07, 6.45) is 6.22. The molecular formula is C28H18N2O2. The van der Waals surface area contributed by atoms with Gasteiger partial charge in [-0.3, -0.25) is 0 Å². The molecule has 0 fully saturated rings. The number of fused-ring (bicyclic) bond motifs is 1. The van der Waals surface area contributed by atoms with Gasteiger partial charge in [-0.25, -0.2) is 9.97 Å². The van der Waals surface area contributed by atoms with Crippen molar-refractivity contribution in [3.05, 3.63) is 110 Å². The predicted molar refractivity (Wildman–Crippen MR) is 126 cm³/mol. The average Bonchev–Trinajstić information content (AvgIpc) is 3.59. The Morgan fingerprint density at radius 2 is 0.781 bits per heavy atom. The molecule has 6 rings (SSSR count). The van der Waals surface area contributed by atoms with E-state index >= 15 is 0 Å². The van der Waals surface area contributed by atoms with Crippen LogP contribution in [0.1, 0.15) is 0 Å². The van der Waals surface area contributed by atoms with Gasteiger partial charge in [0.25, 0.3) is 0 Å². The first-order valence-electron chi connectivity index (χ1n) is 10.4. The smallest absolute Gasteiger partial charge is 0.181 e. The summed E-state index contributed by atoms with van der Waals surface area (Å²) in [5.41, 5.74) is 8.50. The van der Waals surface area contributed by atoms with Crippen molar-refractivity contribution in [1.29, 1.82) is 0 Å². The highest BCUT2D eigenvalue weighted by Crippen LogP contribution is 2.30. The maximum absolute atomic E-state index is 5.08. The zero-order valence-electron chi connectivity index (χ0n) is 17.1. The van der Waals surface area contributed by atoms with Gasteiger partial charge in [0.05, 0.1) is 0 Å². The van der Waals surface area contributed by atoms with Crippen molar-refractivity contribution in [1.82, 2.24) is 9.97 Å². The van der Waals surface area contributed by atoms with Gasteiger partial charge in [-0.2, -0.15) is 0 Å². The third kappa shape index (κ3) is 3.38.